The van der Waals surface area contributed by atoms with Crippen molar-refractivity contribution in [3.8, 4) is 11.8 Å². The summed E-state index contributed by atoms with van der Waals surface area (Å²) in [5, 5.41) is 12.1. The van der Waals surface area contributed by atoms with Crippen molar-refractivity contribution in [3.05, 3.63) is 178 Å². The molecular formula is C48H51N3O6SSi. The van der Waals surface area contributed by atoms with Crippen LogP contribution in [0.5, 0.6) is 0 Å². The Bertz CT molecular complexity index is 2480. The quantitative estimate of drug-likeness (QED) is 0.0292. The van der Waals surface area contributed by atoms with Crippen molar-refractivity contribution < 1.29 is 22.9 Å². The molecule has 0 aliphatic rings. The Hall–Kier alpha value is -5.80. The molecule has 9 nitrogen and oxygen atoms in total. The number of ether oxygens (including phenoxy) is 1. The summed E-state index contributed by atoms with van der Waals surface area (Å²) in [5.74, 6) is 6.69. The number of nitro benzene ring substituents is 1. The lowest BCUT2D eigenvalue weighted by Gasteiger charge is -2.44. The summed E-state index contributed by atoms with van der Waals surface area (Å²) in [6, 6.07) is 40.1. The highest BCUT2D eigenvalue weighted by Crippen LogP contribution is 2.46. The molecular weight excluding hydrogens is 775 g/mol. The molecule has 0 aliphatic heterocycles. The van der Waals surface area contributed by atoms with Crippen LogP contribution in [0.2, 0.25) is 16.6 Å². The zero-order chi connectivity index (χ0) is 42.5. The Morgan fingerprint density at radius 1 is 0.763 bits per heavy atom. The minimum absolute atomic E-state index is 0.0406. The number of esters is 1. The molecule has 0 saturated carbocycles. The second-order valence-electron chi connectivity index (χ2n) is 15.8. The van der Waals surface area contributed by atoms with E-state index in [0.717, 1.165) is 63.0 Å². The number of sulfonamides is 1. The van der Waals surface area contributed by atoms with Crippen LogP contribution < -0.4 is 4.72 Å². The zero-order valence-corrected chi connectivity index (χ0v) is 36.4. The van der Waals surface area contributed by atoms with E-state index in [4.69, 9.17) is 4.74 Å². The highest BCUT2D eigenvalue weighted by molar-refractivity contribution is 7.89. The Morgan fingerprint density at radius 3 is 1.69 bits per heavy atom. The van der Waals surface area contributed by atoms with Gasteiger partial charge in [0, 0.05) is 35.0 Å². The van der Waals surface area contributed by atoms with E-state index in [0.29, 0.717) is 16.6 Å². The second kappa shape index (κ2) is 17.6. The first kappa shape index (κ1) is 42.8. The number of nitrogens with one attached hydrogen (secondary N) is 1. The molecule has 0 bridgehead atoms. The number of non-ortho nitro benzene ring substituents is 1. The number of aromatic nitrogens is 1. The fourth-order valence-corrected chi connectivity index (χ4v) is 17.1. The predicted octanol–water partition coefficient (Wildman–Crippen LogP) is 10.0. The van der Waals surface area contributed by atoms with Gasteiger partial charge >= 0.3 is 5.97 Å². The van der Waals surface area contributed by atoms with Crippen molar-refractivity contribution in [1.29, 1.82) is 0 Å². The molecule has 0 spiro atoms. The third kappa shape index (κ3) is 8.13. The van der Waals surface area contributed by atoms with E-state index in [1.807, 2.05) is 66.7 Å². The summed E-state index contributed by atoms with van der Waals surface area (Å²) in [4.78, 5) is 24.1. The first-order valence-electron chi connectivity index (χ1n) is 19.9. The second-order valence-corrected chi connectivity index (χ2v) is 23.3. The monoisotopic (exact) mass is 825 g/mol. The number of hydrogen-bond acceptors (Lipinski definition) is 6. The van der Waals surface area contributed by atoms with E-state index in [-0.39, 0.29) is 17.0 Å². The average Bonchev–Trinajstić information content (AvgIpc) is 3.59. The third-order valence-corrected chi connectivity index (χ3v) is 19.9. The number of nitro groups is 1. The Balaban J connectivity index is 1.63. The molecule has 59 heavy (non-hydrogen) atoms. The summed E-state index contributed by atoms with van der Waals surface area (Å²) in [5.41, 5.74) is 5.32. The van der Waals surface area contributed by atoms with Crippen LogP contribution in [0.25, 0.3) is 10.9 Å². The van der Waals surface area contributed by atoms with Crippen molar-refractivity contribution >= 4 is 40.8 Å². The molecule has 5 aromatic carbocycles. The number of carbonyl (C=O) groups is 1. The maximum absolute atomic E-state index is 13.8. The lowest BCUT2D eigenvalue weighted by atomic mass is 9.70. The van der Waals surface area contributed by atoms with Gasteiger partial charge < -0.3 is 8.97 Å². The number of benzene rings is 5. The average molecular weight is 826 g/mol. The molecule has 1 aromatic heterocycles. The van der Waals surface area contributed by atoms with Gasteiger partial charge in [-0.05, 0) is 69.3 Å². The Kier molecular flexibility index (Phi) is 12.8. The molecule has 11 heteroatoms. The van der Waals surface area contributed by atoms with Gasteiger partial charge in [0.1, 0.15) is 11.5 Å². The van der Waals surface area contributed by atoms with E-state index in [1.54, 1.807) is 0 Å². The van der Waals surface area contributed by atoms with Crippen molar-refractivity contribution in [2.24, 2.45) is 0 Å². The molecule has 0 amide bonds. The van der Waals surface area contributed by atoms with E-state index in [2.05, 4.69) is 111 Å². The molecule has 0 radical (unpaired) electrons. The molecule has 6 rings (SSSR count). The minimum atomic E-state index is -4.32. The number of rotatable bonds is 14. The van der Waals surface area contributed by atoms with Crippen LogP contribution in [0.4, 0.5) is 5.69 Å². The maximum atomic E-state index is 13.8. The van der Waals surface area contributed by atoms with Crippen molar-refractivity contribution in [3.63, 3.8) is 0 Å². The largest absolute Gasteiger partial charge is 0.468 e. The summed E-state index contributed by atoms with van der Waals surface area (Å²) >= 11 is 0. The highest BCUT2D eigenvalue weighted by Gasteiger charge is 2.46. The highest BCUT2D eigenvalue weighted by atomic mass is 32.2. The van der Waals surface area contributed by atoms with Gasteiger partial charge in [-0.25, -0.2) is 8.42 Å². The smallest absolute Gasteiger partial charge is 0.324 e. The van der Waals surface area contributed by atoms with Gasteiger partial charge in [0.2, 0.25) is 10.0 Å². The number of nitrogens with zero attached hydrogens (tertiary/aromatic N) is 2. The molecule has 0 unspecified atom stereocenters. The lowest BCUT2D eigenvalue weighted by Crippen LogP contribution is -2.51. The van der Waals surface area contributed by atoms with Gasteiger partial charge in [-0.1, -0.05) is 150 Å². The van der Waals surface area contributed by atoms with Gasteiger partial charge in [-0.15, -0.1) is 0 Å². The maximum Gasteiger partial charge on any atom is 0.324 e. The zero-order valence-electron chi connectivity index (χ0n) is 34.5. The standard InChI is InChI=1S/C48H51N3O6SSi/c1-34(2)59(35(3)4,36(5)6)50-33-38(32-44(47(52)57-7)49-58(55,56)43-28-26-42(27-29-43)51(53)54)46-37(18-17-25-45(46)50)30-31-48(39-19-11-8-12-20-39,40-21-13-9-14-22-40)41-23-15-10-16-24-41/h8-29,33-36,44,49H,32H2,1-7H3/t44-/m0/s1. The van der Waals surface area contributed by atoms with Gasteiger partial charge in [-0.2, -0.15) is 4.72 Å². The molecule has 0 aliphatic carbocycles. The molecule has 1 atom stereocenters. The summed E-state index contributed by atoms with van der Waals surface area (Å²) in [7, 11) is -5.53. The number of fused-ring (bicyclic) bond motifs is 1. The molecule has 1 heterocycles. The van der Waals surface area contributed by atoms with Crippen molar-refractivity contribution in [2.45, 2.75) is 80.9 Å². The van der Waals surface area contributed by atoms with Crippen LogP contribution >= 0.6 is 0 Å². The summed E-state index contributed by atoms with van der Waals surface area (Å²) < 4.78 is 37.8. The van der Waals surface area contributed by atoms with E-state index >= 15 is 0 Å². The number of carbonyl (C=O) groups excluding carboxylic acids is 1. The van der Waals surface area contributed by atoms with Crippen molar-refractivity contribution in [1.82, 2.24) is 8.95 Å². The summed E-state index contributed by atoms with van der Waals surface area (Å²) in [6.07, 6.45) is 2.08. The van der Waals surface area contributed by atoms with Crippen LogP contribution in [0, 0.1) is 22.0 Å². The molecule has 0 saturated heterocycles. The minimum Gasteiger partial charge on any atom is -0.468 e. The summed E-state index contributed by atoms with van der Waals surface area (Å²) in [6.45, 7) is 13.7. The lowest BCUT2D eigenvalue weighted by molar-refractivity contribution is -0.384. The normalized spacial score (nSPS) is 12.7. The van der Waals surface area contributed by atoms with Gasteiger partial charge in [0.25, 0.3) is 5.69 Å². The number of methoxy groups -OCH3 is 1. The van der Waals surface area contributed by atoms with Gasteiger partial charge in [0.15, 0.2) is 8.24 Å². The van der Waals surface area contributed by atoms with Gasteiger partial charge in [-0.3, -0.25) is 14.9 Å². The Labute approximate surface area is 348 Å². The van der Waals surface area contributed by atoms with Crippen LogP contribution in [0.3, 0.4) is 0 Å². The third-order valence-electron chi connectivity index (χ3n) is 11.7. The molecule has 1 N–H and O–H groups in total. The van der Waals surface area contributed by atoms with Crippen LogP contribution in [0.15, 0.2) is 145 Å². The topological polar surface area (TPSA) is 121 Å². The first-order valence-corrected chi connectivity index (χ1v) is 23.5. The van der Waals surface area contributed by atoms with Gasteiger partial charge in [0.05, 0.1) is 16.9 Å². The first-order chi connectivity index (χ1) is 28.2. The van der Waals surface area contributed by atoms with Crippen LogP contribution in [-0.2, 0) is 31.4 Å². The molecule has 6 aromatic rings. The fourth-order valence-electron chi connectivity index (χ4n) is 9.26. The predicted molar refractivity (Wildman–Crippen MR) is 237 cm³/mol. The van der Waals surface area contributed by atoms with E-state index in [1.165, 1.54) is 7.11 Å². The van der Waals surface area contributed by atoms with Crippen LogP contribution in [0.1, 0.15) is 69.4 Å². The molecule has 304 valence electrons. The SMILES string of the molecule is COC(=O)[C@H](Cc1cn([Si](C(C)C)(C(C)C)C(C)C)c2cccc(C#CC(c3ccccc3)(c3ccccc3)c3ccccc3)c12)NS(=O)(=O)c1ccc([N+](=O)[O-])cc1. The molecule has 0 fully saturated rings. The van der Waals surface area contributed by atoms with E-state index < -0.39 is 40.6 Å². The Morgan fingerprint density at radius 2 is 1.25 bits per heavy atom. The van der Waals surface area contributed by atoms with Crippen molar-refractivity contribution in [2.75, 3.05) is 7.11 Å². The fraction of sp³-hybridized carbons (Fsp3) is 0.271. The van der Waals surface area contributed by atoms with E-state index in [9.17, 15) is 23.3 Å². The van der Waals surface area contributed by atoms with Crippen LogP contribution in [-0.4, -0.2) is 44.9 Å². The number of hydrogen-bond donors (Lipinski definition) is 1.